The lowest BCUT2D eigenvalue weighted by atomic mass is 10.1. The summed E-state index contributed by atoms with van der Waals surface area (Å²) in [6.45, 7) is 0.841. The van der Waals surface area contributed by atoms with E-state index in [-0.39, 0.29) is 24.2 Å². The van der Waals surface area contributed by atoms with Gasteiger partial charge in [0.25, 0.3) is 0 Å². The Bertz CT molecular complexity index is 421. The molecule has 0 bridgehead atoms. The Balaban J connectivity index is 1.99. The fraction of sp³-hybridized carbons (Fsp3) is 0.455. The number of esters is 1. The number of aromatic nitrogens is 2. The minimum atomic E-state index is -0.350. The van der Waals surface area contributed by atoms with E-state index < -0.39 is 0 Å². The van der Waals surface area contributed by atoms with E-state index in [0.717, 1.165) is 5.56 Å². The number of amides is 1. The zero-order valence-electron chi connectivity index (χ0n) is 9.50. The van der Waals surface area contributed by atoms with Crippen LogP contribution in [0.5, 0.6) is 0 Å². The summed E-state index contributed by atoms with van der Waals surface area (Å²) < 4.78 is 4.64. The summed E-state index contributed by atoms with van der Waals surface area (Å²) in [5.74, 6) is -0.716. The third-order valence-corrected chi connectivity index (χ3v) is 2.74. The normalized spacial score (nSPS) is 19.5. The number of likely N-dealkylation sites (tertiary alicyclic amines) is 1. The van der Waals surface area contributed by atoms with Gasteiger partial charge in [0.2, 0.25) is 5.91 Å². The van der Waals surface area contributed by atoms with Gasteiger partial charge in [-0.15, -0.1) is 0 Å². The van der Waals surface area contributed by atoms with E-state index in [0.29, 0.717) is 13.1 Å². The van der Waals surface area contributed by atoms with Gasteiger partial charge >= 0.3 is 5.97 Å². The molecule has 1 atom stereocenters. The van der Waals surface area contributed by atoms with Crippen molar-refractivity contribution < 1.29 is 14.3 Å². The highest BCUT2D eigenvalue weighted by Gasteiger charge is 2.34. The summed E-state index contributed by atoms with van der Waals surface area (Å²) >= 11 is 0. The third-order valence-electron chi connectivity index (χ3n) is 2.74. The predicted molar refractivity (Wildman–Crippen MR) is 57.6 cm³/mol. The van der Waals surface area contributed by atoms with Crippen LogP contribution in [0, 0.1) is 5.92 Å². The van der Waals surface area contributed by atoms with Crippen molar-refractivity contribution in [1.82, 2.24) is 14.9 Å². The lowest BCUT2D eigenvalue weighted by Crippen LogP contribution is -2.26. The maximum absolute atomic E-state index is 11.7. The van der Waals surface area contributed by atoms with Crippen LogP contribution in [0.1, 0.15) is 12.0 Å². The smallest absolute Gasteiger partial charge is 0.310 e. The van der Waals surface area contributed by atoms with Crippen LogP contribution in [0.2, 0.25) is 0 Å². The topological polar surface area (TPSA) is 72.4 Å². The quantitative estimate of drug-likeness (QED) is 0.689. The second kappa shape index (κ2) is 4.90. The van der Waals surface area contributed by atoms with Crippen molar-refractivity contribution in [1.29, 1.82) is 0 Å². The van der Waals surface area contributed by atoms with E-state index in [1.165, 1.54) is 13.4 Å². The van der Waals surface area contributed by atoms with Gasteiger partial charge in [-0.25, -0.2) is 9.97 Å². The summed E-state index contributed by atoms with van der Waals surface area (Å²) in [7, 11) is 1.33. The van der Waals surface area contributed by atoms with Crippen LogP contribution in [-0.4, -0.2) is 40.4 Å². The molecule has 6 heteroatoms. The predicted octanol–water partition coefficient (Wildman–Crippen LogP) is -0.00190. The van der Waals surface area contributed by atoms with E-state index in [1.54, 1.807) is 17.3 Å². The molecule has 0 spiro atoms. The summed E-state index contributed by atoms with van der Waals surface area (Å²) in [6.07, 6.45) is 4.98. The van der Waals surface area contributed by atoms with Crippen LogP contribution < -0.4 is 0 Å². The van der Waals surface area contributed by atoms with E-state index >= 15 is 0 Å². The first-order chi connectivity index (χ1) is 8.20. The molecule has 0 N–H and O–H groups in total. The summed E-state index contributed by atoms with van der Waals surface area (Å²) in [6, 6.07) is 0. The molecule has 6 nitrogen and oxygen atoms in total. The average Bonchev–Trinajstić information content (AvgIpc) is 2.71. The number of rotatable bonds is 3. The second-order valence-electron chi connectivity index (χ2n) is 3.95. The van der Waals surface area contributed by atoms with Gasteiger partial charge < -0.3 is 9.64 Å². The van der Waals surface area contributed by atoms with Crippen molar-refractivity contribution in [2.45, 2.75) is 13.0 Å². The first-order valence-electron chi connectivity index (χ1n) is 5.30. The van der Waals surface area contributed by atoms with Gasteiger partial charge in [-0.3, -0.25) is 9.59 Å². The van der Waals surface area contributed by atoms with Gasteiger partial charge in [0.05, 0.1) is 13.0 Å². The monoisotopic (exact) mass is 235 g/mol. The largest absolute Gasteiger partial charge is 0.469 e. The molecule has 1 aromatic rings. The molecule has 90 valence electrons. The van der Waals surface area contributed by atoms with Crippen LogP contribution in [0.25, 0.3) is 0 Å². The summed E-state index contributed by atoms with van der Waals surface area (Å²) in [4.78, 5) is 32.4. The van der Waals surface area contributed by atoms with Crippen LogP contribution in [0.4, 0.5) is 0 Å². The Morgan fingerprint density at radius 1 is 1.53 bits per heavy atom. The molecule has 1 saturated heterocycles. The molecule has 0 aliphatic carbocycles. The van der Waals surface area contributed by atoms with Crippen LogP contribution in [-0.2, 0) is 20.9 Å². The Hall–Kier alpha value is -1.98. The highest BCUT2D eigenvalue weighted by Crippen LogP contribution is 2.20. The lowest BCUT2D eigenvalue weighted by molar-refractivity contribution is -0.145. The minimum Gasteiger partial charge on any atom is -0.469 e. The molecule has 0 saturated carbocycles. The number of hydrogen-bond acceptors (Lipinski definition) is 5. The van der Waals surface area contributed by atoms with Crippen molar-refractivity contribution in [2.24, 2.45) is 5.92 Å². The number of carbonyl (C=O) groups is 2. The van der Waals surface area contributed by atoms with E-state index in [1.807, 2.05) is 0 Å². The zero-order valence-corrected chi connectivity index (χ0v) is 9.50. The number of carbonyl (C=O) groups excluding carboxylic acids is 2. The average molecular weight is 235 g/mol. The molecular weight excluding hydrogens is 222 g/mol. The van der Waals surface area contributed by atoms with Gasteiger partial charge in [-0.05, 0) is 0 Å². The molecule has 2 heterocycles. The Morgan fingerprint density at radius 2 is 2.24 bits per heavy atom. The number of methoxy groups -OCH3 is 1. The fourth-order valence-electron chi connectivity index (χ4n) is 1.88. The Labute approximate surface area is 98.6 Å². The van der Waals surface area contributed by atoms with Crippen LogP contribution in [0.3, 0.4) is 0 Å². The summed E-state index contributed by atoms with van der Waals surface area (Å²) in [5.41, 5.74) is 0.853. The Morgan fingerprint density at radius 3 is 2.88 bits per heavy atom. The number of nitrogens with zero attached hydrogens (tertiary/aromatic N) is 3. The van der Waals surface area contributed by atoms with Crippen molar-refractivity contribution in [3.05, 3.63) is 24.3 Å². The molecule has 1 amide bonds. The molecule has 1 fully saturated rings. The zero-order chi connectivity index (χ0) is 12.3. The van der Waals surface area contributed by atoms with Gasteiger partial charge in [-0.2, -0.15) is 0 Å². The van der Waals surface area contributed by atoms with E-state index in [2.05, 4.69) is 14.7 Å². The number of hydrogen-bond donors (Lipinski definition) is 0. The maximum Gasteiger partial charge on any atom is 0.310 e. The molecule has 1 aliphatic heterocycles. The maximum atomic E-state index is 11.7. The number of ether oxygens (including phenoxy) is 1. The van der Waals surface area contributed by atoms with Gasteiger partial charge in [-0.1, -0.05) is 0 Å². The molecule has 0 radical (unpaired) electrons. The van der Waals surface area contributed by atoms with Gasteiger partial charge in [0.15, 0.2) is 0 Å². The van der Waals surface area contributed by atoms with E-state index in [9.17, 15) is 9.59 Å². The Kier molecular flexibility index (Phi) is 3.32. The molecule has 1 aromatic heterocycles. The molecular formula is C11H13N3O3. The lowest BCUT2D eigenvalue weighted by Gasteiger charge is -2.15. The highest BCUT2D eigenvalue weighted by molar-refractivity contribution is 5.86. The molecule has 1 unspecified atom stereocenters. The minimum absolute atomic E-state index is 0.0377. The van der Waals surface area contributed by atoms with Crippen molar-refractivity contribution in [2.75, 3.05) is 13.7 Å². The third kappa shape index (κ3) is 2.58. The second-order valence-corrected chi connectivity index (χ2v) is 3.95. The molecule has 0 aromatic carbocycles. The highest BCUT2D eigenvalue weighted by atomic mass is 16.5. The van der Waals surface area contributed by atoms with Gasteiger partial charge in [0.1, 0.15) is 6.33 Å². The molecule has 2 rings (SSSR count). The molecule has 17 heavy (non-hydrogen) atoms. The first-order valence-corrected chi connectivity index (χ1v) is 5.30. The standard InChI is InChI=1S/C11H13N3O3/c1-17-11(16)9-2-10(15)14(6-9)5-8-3-12-7-13-4-8/h3-4,7,9H,2,5-6H2,1H3. The van der Waals surface area contributed by atoms with E-state index in [4.69, 9.17) is 0 Å². The van der Waals surface area contributed by atoms with Crippen molar-refractivity contribution >= 4 is 11.9 Å². The van der Waals surface area contributed by atoms with Crippen LogP contribution in [0.15, 0.2) is 18.7 Å². The SMILES string of the molecule is COC(=O)C1CC(=O)N(Cc2cncnc2)C1. The molecule has 1 aliphatic rings. The van der Waals surface area contributed by atoms with Crippen molar-refractivity contribution in [3.8, 4) is 0 Å². The van der Waals surface area contributed by atoms with Gasteiger partial charge in [0, 0.05) is 37.5 Å². The fourth-order valence-corrected chi connectivity index (χ4v) is 1.88. The first kappa shape index (κ1) is 11.5. The van der Waals surface area contributed by atoms with Crippen molar-refractivity contribution in [3.63, 3.8) is 0 Å². The summed E-state index contributed by atoms with van der Waals surface area (Å²) in [5, 5.41) is 0. The van der Waals surface area contributed by atoms with Crippen LogP contribution >= 0.6 is 0 Å².